The van der Waals surface area contributed by atoms with E-state index in [1.54, 1.807) is 6.07 Å². The van der Waals surface area contributed by atoms with Crippen LogP contribution in [0.4, 0.5) is 11.4 Å². The Labute approximate surface area is 129 Å². The molecule has 4 N–H and O–H groups in total. The average molecular weight is 300 g/mol. The van der Waals surface area contributed by atoms with E-state index >= 15 is 0 Å². The van der Waals surface area contributed by atoms with Crippen LogP contribution < -0.4 is 16.4 Å². The molecule has 22 heavy (non-hydrogen) atoms. The van der Waals surface area contributed by atoms with Crippen LogP contribution in [0.3, 0.4) is 0 Å². The van der Waals surface area contributed by atoms with E-state index in [4.69, 9.17) is 15.7 Å². The highest BCUT2D eigenvalue weighted by Gasteiger charge is 2.17. The number of rotatable bonds is 5. The zero-order valence-electron chi connectivity index (χ0n) is 12.6. The van der Waals surface area contributed by atoms with Crippen LogP contribution in [0.1, 0.15) is 18.4 Å². The van der Waals surface area contributed by atoms with E-state index in [9.17, 15) is 4.79 Å². The standard InChI is InChI=1S/C16H20N4O2/c1-11-4-5-15(14(18)7-11)19-9-12(8-17)16(21)20-10-13-3-2-6-22-13/h4-5,7,9,13,19H,2-3,6,10,18H2,1H3,(H,20,21)/b12-9-. The lowest BCUT2D eigenvalue weighted by molar-refractivity contribution is -0.117. The molecule has 6 nitrogen and oxygen atoms in total. The topological polar surface area (TPSA) is 100 Å². The van der Waals surface area contributed by atoms with Crippen LogP contribution in [0.25, 0.3) is 0 Å². The summed E-state index contributed by atoms with van der Waals surface area (Å²) < 4.78 is 5.42. The second-order valence-corrected chi connectivity index (χ2v) is 5.25. The van der Waals surface area contributed by atoms with Crippen LogP contribution in [0.5, 0.6) is 0 Å². The highest BCUT2D eigenvalue weighted by Crippen LogP contribution is 2.19. The molecule has 1 aromatic carbocycles. The van der Waals surface area contributed by atoms with Crippen molar-refractivity contribution < 1.29 is 9.53 Å². The largest absolute Gasteiger partial charge is 0.397 e. The van der Waals surface area contributed by atoms with Crippen molar-refractivity contribution in [3.05, 3.63) is 35.5 Å². The van der Waals surface area contributed by atoms with Crippen LogP contribution in [-0.4, -0.2) is 25.2 Å². The molecule has 1 aliphatic rings. The SMILES string of the molecule is Cc1ccc(N/C=C(/C#N)C(=O)NCC2CCCO2)c(N)c1. The Morgan fingerprint density at radius 1 is 1.59 bits per heavy atom. The first kappa shape index (κ1) is 15.9. The first-order chi connectivity index (χ1) is 10.6. The van der Waals surface area contributed by atoms with Crippen LogP contribution in [0.15, 0.2) is 30.0 Å². The van der Waals surface area contributed by atoms with Gasteiger partial charge in [-0.1, -0.05) is 6.07 Å². The molecule has 1 fully saturated rings. The van der Waals surface area contributed by atoms with Gasteiger partial charge in [-0.3, -0.25) is 4.79 Å². The average Bonchev–Trinajstić information content (AvgIpc) is 3.01. The number of nitrogens with two attached hydrogens (primary N) is 1. The summed E-state index contributed by atoms with van der Waals surface area (Å²) in [7, 11) is 0. The molecule has 1 aliphatic heterocycles. The van der Waals surface area contributed by atoms with Gasteiger partial charge in [-0.15, -0.1) is 0 Å². The Morgan fingerprint density at radius 2 is 2.41 bits per heavy atom. The fourth-order valence-corrected chi connectivity index (χ4v) is 2.22. The maximum absolute atomic E-state index is 12.0. The van der Waals surface area contributed by atoms with Crippen molar-refractivity contribution in [2.75, 3.05) is 24.2 Å². The second-order valence-electron chi connectivity index (χ2n) is 5.25. The predicted octanol–water partition coefficient (Wildman–Crippen LogP) is 1.69. The summed E-state index contributed by atoms with van der Waals surface area (Å²) in [4.78, 5) is 12.0. The molecule has 1 saturated heterocycles. The molecule has 0 saturated carbocycles. The number of amides is 1. The van der Waals surface area contributed by atoms with Gasteiger partial charge in [0.2, 0.25) is 0 Å². The van der Waals surface area contributed by atoms with E-state index in [-0.39, 0.29) is 11.7 Å². The van der Waals surface area contributed by atoms with Crippen LogP contribution in [-0.2, 0) is 9.53 Å². The Kier molecular flexibility index (Phi) is 5.39. The van der Waals surface area contributed by atoms with Gasteiger partial charge >= 0.3 is 0 Å². The maximum Gasteiger partial charge on any atom is 0.263 e. The molecule has 2 rings (SSSR count). The Balaban J connectivity index is 1.94. The molecular weight excluding hydrogens is 280 g/mol. The minimum atomic E-state index is -0.420. The van der Waals surface area contributed by atoms with Crippen molar-refractivity contribution in [1.82, 2.24) is 5.32 Å². The smallest absolute Gasteiger partial charge is 0.263 e. The Bertz CT molecular complexity index is 613. The minimum absolute atomic E-state index is 0.00188. The molecule has 1 aromatic rings. The van der Waals surface area contributed by atoms with Gasteiger partial charge < -0.3 is 21.1 Å². The number of aryl methyl sites for hydroxylation is 1. The first-order valence-electron chi connectivity index (χ1n) is 7.23. The highest BCUT2D eigenvalue weighted by atomic mass is 16.5. The van der Waals surface area contributed by atoms with Crippen molar-refractivity contribution in [3.63, 3.8) is 0 Å². The zero-order chi connectivity index (χ0) is 15.9. The van der Waals surface area contributed by atoms with Crippen molar-refractivity contribution in [3.8, 4) is 6.07 Å². The summed E-state index contributed by atoms with van der Waals surface area (Å²) in [5.41, 5.74) is 8.14. The van der Waals surface area contributed by atoms with E-state index in [0.717, 1.165) is 25.0 Å². The molecule has 0 spiro atoms. The minimum Gasteiger partial charge on any atom is -0.397 e. The molecule has 1 heterocycles. The summed E-state index contributed by atoms with van der Waals surface area (Å²) >= 11 is 0. The quantitative estimate of drug-likeness (QED) is 0.436. The number of nitrogens with zero attached hydrogens (tertiary/aromatic N) is 1. The highest BCUT2D eigenvalue weighted by molar-refractivity contribution is 5.97. The zero-order valence-corrected chi connectivity index (χ0v) is 12.6. The number of benzene rings is 1. The van der Waals surface area contributed by atoms with Gasteiger partial charge in [-0.2, -0.15) is 5.26 Å². The summed E-state index contributed by atoms with van der Waals surface area (Å²) in [5.74, 6) is -0.420. The van der Waals surface area contributed by atoms with E-state index in [1.165, 1.54) is 6.20 Å². The van der Waals surface area contributed by atoms with Crippen molar-refractivity contribution in [1.29, 1.82) is 5.26 Å². The number of ether oxygens (including phenoxy) is 1. The van der Waals surface area contributed by atoms with E-state index in [1.807, 2.05) is 25.1 Å². The third kappa shape index (κ3) is 4.24. The number of carbonyl (C=O) groups excluding carboxylic acids is 1. The lowest BCUT2D eigenvalue weighted by Crippen LogP contribution is -2.32. The third-order valence-corrected chi connectivity index (χ3v) is 3.46. The lowest BCUT2D eigenvalue weighted by Gasteiger charge is -2.10. The number of hydrogen-bond acceptors (Lipinski definition) is 5. The summed E-state index contributed by atoms with van der Waals surface area (Å²) in [6.45, 7) is 3.09. The molecule has 116 valence electrons. The summed E-state index contributed by atoms with van der Waals surface area (Å²) in [5, 5.41) is 14.7. The van der Waals surface area contributed by atoms with E-state index in [0.29, 0.717) is 17.9 Å². The van der Waals surface area contributed by atoms with E-state index < -0.39 is 5.91 Å². The molecule has 0 aliphatic carbocycles. The van der Waals surface area contributed by atoms with Crippen LogP contribution in [0.2, 0.25) is 0 Å². The number of hydrogen-bond donors (Lipinski definition) is 3. The molecule has 0 radical (unpaired) electrons. The van der Waals surface area contributed by atoms with Gasteiger partial charge in [0.1, 0.15) is 11.6 Å². The third-order valence-electron chi connectivity index (χ3n) is 3.46. The molecule has 1 atom stereocenters. The molecular formula is C16H20N4O2. The number of nitrogens with one attached hydrogen (secondary N) is 2. The van der Waals surface area contributed by atoms with Crippen LogP contribution >= 0.6 is 0 Å². The summed E-state index contributed by atoms with van der Waals surface area (Å²) in [6, 6.07) is 7.41. The van der Waals surface area contributed by atoms with Gasteiger partial charge in [0.25, 0.3) is 5.91 Å². The Hall–Kier alpha value is -2.52. The Morgan fingerprint density at radius 3 is 3.05 bits per heavy atom. The molecule has 6 heteroatoms. The molecule has 0 aromatic heterocycles. The molecule has 1 unspecified atom stereocenters. The monoisotopic (exact) mass is 300 g/mol. The van der Waals surface area contributed by atoms with Crippen molar-refractivity contribution in [2.24, 2.45) is 0 Å². The first-order valence-corrected chi connectivity index (χ1v) is 7.23. The lowest BCUT2D eigenvalue weighted by atomic mass is 10.2. The van der Waals surface area contributed by atoms with Gasteiger partial charge in [-0.25, -0.2) is 0 Å². The number of nitriles is 1. The van der Waals surface area contributed by atoms with Crippen molar-refractivity contribution in [2.45, 2.75) is 25.9 Å². The maximum atomic E-state index is 12.0. The summed E-state index contributed by atoms with van der Waals surface area (Å²) in [6.07, 6.45) is 3.36. The second kappa shape index (κ2) is 7.48. The molecule has 0 bridgehead atoms. The van der Waals surface area contributed by atoms with E-state index in [2.05, 4.69) is 10.6 Å². The fourth-order valence-electron chi connectivity index (χ4n) is 2.22. The predicted molar refractivity (Wildman–Crippen MR) is 84.9 cm³/mol. The van der Waals surface area contributed by atoms with Gasteiger partial charge in [0, 0.05) is 19.4 Å². The van der Waals surface area contributed by atoms with Crippen LogP contribution in [0, 0.1) is 18.3 Å². The number of nitrogen functional groups attached to an aromatic ring is 1. The molecule has 1 amide bonds. The fraction of sp³-hybridized carbons (Fsp3) is 0.375. The number of carbonyl (C=O) groups is 1. The van der Waals surface area contributed by atoms with Crippen molar-refractivity contribution >= 4 is 17.3 Å². The van der Waals surface area contributed by atoms with Gasteiger partial charge in [-0.05, 0) is 37.5 Å². The number of anilines is 2. The normalized spacial score (nSPS) is 17.8. The van der Waals surface area contributed by atoms with Gasteiger partial charge in [0.15, 0.2) is 0 Å². The van der Waals surface area contributed by atoms with Gasteiger partial charge in [0.05, 0.1) is 17.5 Å².